The molecule has 0 atom stereocenters. The molecule has 1 heterocycles. The van der Waals surface area contributed by atoms with Gasteiger partial charge in [0.25, 0.3) is 0 Å². The van der Waals surface area contributed by atoms with Gasteiger partial charge < -0.3 is 9.32 Å². The quantitative estimate of drug-likeness (QED) is 0.163. The van der Waals surface area contributed by atoms with Crippen LogP contribution >= 0.6 is 0 Å². The van der Waals surface area contributed by atoms with Crippen molar-refractivity contribution < 1.29 is 4.42 Å². The van der Waals surface area contributed by atoms with Gasteiger partial charge in [0.1, 0.15) is 11.2 Å². The minimum Gasteiger partial charge on any atom is -0.455 e. The zero-order chi connectivity index (χ0) is 37.8. The average Bonchev–Trinajstić information content (AvgIpc) is 3.82. The number of rotatable bonds is 7. The molecular weight excluding hydrogens is 691 g/mol. The van der Waals surface area contributed by atoms with Crippen molar-refractivity contribution in [2.24, 2.45) is 0 Å². The Morgan fingerprint density at radius 1 is 0.351 bits per heavy atom. The molecule has 1 aliphatic carbocycles. The summed E-state index contributed by atoms with van der Waals surface area (Å²) in [6.45, 7) is 0. The van der Waals surface area contributed by atoms with E-state index in [9.17, 15) is 0 Å². The van der Waals surface area contributed by atoms with E-state index in [-0.39, 0.29) is 0 Å². The largest absolute Gasteiger partial charge is 0.455 e. The van der Waals surface area contributed by atoms with Crippen LogP contribution in [0.2, 0.25) is 0 Å². The summed E-state index contributed by atoms with van der Waals surface area (Å²) in [4.78, 5) is 2.43. The van der Waals surface area contributed by atoms with Crippen LogP contribution in [0.4, 0.5) is 17.1 Å². The molecule has 0 bridgehead atoms. The number of nitrogens with zero attached hydrogens (tertiary/aromatic N) is 1. The van der Waals surface area contributed by atoms with Crippen molar-refractivity contribution in [3.63, 3.8) is 0 Å². The average molecular weight is 728 g/mol. The molecule has 10 aromatic rings. The van der Waals surface area contributed by atoms with Crippen molar-refractivity contribution in [2.45, 2.75) is 5.41 Å². The molecule has 0 aliphatic heterocycles. The van der Waals surface area contributed by atoms with E-state index >= 15 is 0 Å². The van der Waals surface area contributed by atoms with E-state index in [4.69, 9.17) is 4.42 Å². The second kappa shape index (κ2) is 13.4. The van der Waals surface area contributed by atoms with Crippen LogP contribution < -0.4 is 4.90 Å². The highest BCUT2D eigenvalue weighted by Gasteiger charge is 2.46. The fraction of sp³-hybridized carbons (Fsp3) is 0.0182. The maximum atomic E-state index is 6.65. The smallest absolute Gasteiger partial charge is 0.143 e. The lowest BCUT2D eigenvalue weighted by Gasteiger charge is -2.35. The first-order valence-electron chi connectivity index (χ1n) is 19.6. The molecule has 0 radical (unpaired) electrons. The van der Waals surface area contributed by atoms with Gasteiger partial charge in [-0.25, -0.2) is 0 Å². The lowest BCUT2D eigenvalue weighted by atomic mass is 9.67. The molecule has 0 spiro atoms. The second-order valence-corrected chi connectivity index (χ2v) is 14.8. The monoisotopic (exact) mass is 727 g/mol. The van der Waals surface area contributed by atoms with E-state index in [1.54, 1.807) is 0 Å². The lowest BCUT2D eigenvalue weighted by Crippen LogP contribution is -2.28. The molecule has 11 rings (SSSR count). The Hall–Kier alpha value is -7.42. The van der Waals surface area contributed by atoms with Gasteiger partial charge in [0.15, 0.2) is 0 Å². The van der Waals surface area contributed by atoms with E-state index in [2.05, 4.69) is 223 Å². The zero-order valence-electron chi connectivity index (χ0n) is 31.2. The van der Waals surface area contributed by atoms with Crippen LogP contribution in [0.3, 0.4) is 0 Å². The minimum atomic E-state index is -0.521. The third kappa shape index (κ3) is 5.18. The van der Waals surface area contributed by atoms with Gasteiger partial charge in [-0.05, 0) is 80.9 Å². The molecule has 0 saturated carbocycles. The number of para-hydroxylation sites is 3. The Balaban J connectivity index is 1.18. The van der Waals surface area contributed by atoms with Crippen molar-refractivity contribution >= 4 is 39.0 Å². The first-order chi connectivity index (χ1) is 28.3. The Morgan fingerprint density at radius 2 is 0.895 bits per heavy atom. The summed E-state index contributed by atoms with van der Waals surface area (Å²) in [5.74, 6) is 0. The Morgan fingerprint density at radius 3 is 1.65 bits per heavy atom. The molecule has 0 fully saturated rings. The van der Waals surface area contributed by atoms with Crippen molar-refractivity contribution in [1.82, 2.24) is 0 Å². The molecule has 57 heavy (non-hydrogen) atoms. The van der Waals surface area contributed by atoms with E-state index in [0.29, 0.717) is 0 Å². The Kier molecular flexibility index (Phi) is 7.75. The summed E-state index contributed by atoms with van der Waals surface area (Å²) < 4.78 is 6.65. The number of hydrogen-bond donors (Lipinski definition) is 0. The number of furan rings is 1. The summed E-state index contributed by atoms with van der Waals surface area (Å²) >= 11 is 0. The molecular formula is C55H37NO. The molecule has 1 aromatic heterocycles. The lowest BCUT2D eigenvalue weighted by molar-refractivity contribution is 0.670. The first kappa shape index (κ1) is 33.0. The normalized spacial score (nSPS) is 12.7. The van der Waals surface area contributed by atoms with Crippen molar-refractivity contribution in [1.29, 1.82) is 0 Å². The molecule has 2 nitrogen and oxygen atoms in total. The van der Waals surface area contributed by atoms with Gasteiger partial charge in [-0.3, -0.25) is 0 Å². The zero-order valence-corrected chi connectivity index (χ0v) is 31.2. The molecule has 268 valence electrons. The number of hydrogen-bond acceptors (Lipinski definition) is 2. The van der Waals surface area contributed by atoms with Crippen LogP contribution in [0.15, 0.2) is 229 Å². The molecule has 0 unspecified atom stereocenters. The fourth-order valence-electron chi connectivity index (χ4n) is 9.29. The highest BCUT2D eigenvalue weighted by Crippen LogP contribution is 2.57. The van der Waals surface area contributed by atoms with E-state index in [1.807, 2.05) is 6.07 Å². The SMILES string of the molecule is c1ccc(-c2ccc(N(c3ccc4c(c3)C(c3ccccc3)(c3ccccc3)c3ccccc3-4)c3ccccc3-c3cccc4c3oc3ccccc34)cc2)cc1. The van der Waals surface area contributed by atoms with E-state index in [1.165, 1.54) is 44.5 Å². The maximum Gasteiger partial charge on any atom is 0.143 e. The van der Waals surface area contributed by atoms with Gasteiger partial charge in [0, 0.05) is 33.3 Å². The molecule has 0 N–H and O–H groups in total. The summed E-state index contributed by atoms with van der Waals surface area (Å²) in [5.41, 5.74) is 16.6. The molecule has 2 heteroatoms. The first-order valence-corrected chi connectivity index (χ1v) is 19.6. The molecule has 1 aliphatic rings. The van der Waals surface area contributed by atoms with Crippen LogP contribution in [0, 0.1) is 0 Å². The van der Waals surface area contributed by atoms with Crippen molar-refractivity contribution in [3.05, 3.63) is 247 Å². The molecule has 0 saturated heterocycles. The van der Waals surface area contributed by atoms with Gasteiger partial charge in [0.2, 0.25) is 0 Å². The second-order valence-electron chi connectivity index (χ2n) is 14.8. The predicted octanol–water partition coefficient (Wildman–Crippen LogP) is 14.8. The minimum absolute atomic E-state index is 0.521. The number of anilines is 3. The summed E-state index contributed by atoms with van der Waals surface area (Å²) in [6, 6.07) is 81.2. The topological polar surface area (TPSA) is 16.4 Å². The van der Waals surface area contributed by atoms with Gasteiger partial charge >= 0.3 is 0 Å². The molecule has 9 aromatic carbocycles. The summed E-state index contributed by atoms with van der Waals surface area (Å²) in [5, 5.41) is 2.24. The van der Waals surface area contributed by atoms with E-state index < -0.39 is 5.41 Å². The van der Waals surface area contributed by atoms with Crippen LogP contribution in [-0.2, 0) is 5.41 Å². The van der Waals surface area contributed by atoms with Gasteiger partial charge in [-0.1, -0.05) is 188 Å². The van der Waals surface area contributed by atoms with Crippen molar-refractivity contribution in [3.8, 4) is 33.4 Å². The Labute approximate surface area is 332 Å². The Bertz CT molecular complexity index is 3020. The van der Waals surface area contributed by atoms with Gasteiger partial charge in [-0.15, -0.1) is 0 Å². The summed E-state index contributed by atoms with van der Waals surface area (Å²) in [6.07, 6.45) is 0. The van der Waals surface area contributed by atoms with Gasteiger partial charge in [-0.2, -0.15) is 0 Å². The third-order valence-corrected chi connectivity index (χ3v) is 11.8. The van der Waals surface area contributed by atoms with Gasteiger partial charge in [0.05, 0.1) is 11.1 Å². The highest BCUT2D eigenvalue weighted by atomic mass is 16.3. The highest BCUT2D eigenvalue weighted by molar-refractivity contribution is 6.11. The van der Waals surface area contributed by atoms with Crippen LogP contribution in [0.1, 0.15) is 22.3 Å². The molecule has 0 amide bonds. The maximum absolute atomic E-state index is 6.65. The van der Waals surface area contributed by atoms with E-state index in [0.717, 1.165) is 50.1 Å². The third-order valence-electron chi connectivity index (χ3n) is 11.8. The standard InChI is InChI=1S/C55H37NO/c1-4-17-38(18-5-1)39-31-33-42(34-32-39)56(52-29-14-11-24-46(52)48-26-16-27-49-47-25-12-15-30-53(47)57-54(48)49)43-35-36-45-44-23-10-13-28-50(44)55(51(45)37-43,40-19-6-2-7-20-40)41-21-8-3-9-22-41/h1-37H. The van der Waals surface area contributed by atoms with Crippen LogP contribution in [0.5, 0.6) is 0 Å². The fourth-order valence-corrected chi connectivity index (χ4v) is 9.29. The number of fused-ring (bicyclic) bond motifs is 6. The van der Waals surface area contributed by atoms with Crippen molar-refractivity contribution in [2.75, 3.05) is 4.90 Å². The van der Waals surface area contributed by atoms with Crippen LogP contribution in [0.25, 0.3) is 55.3 Å². The predicted molar refractivity (Wildman–Crippen MR) is 237 cm³/mol. The number of benzene rings is 9. The van der Waals surface area contributed by atoms with Crippen LogP contribution in [-0.4, -0.2) is 0 Å². The summed E-state index contributed by atoms with van der Waals surface area (Å²) in [7, 11) is 0.